The number of carbonyl (C=O) groups excluding carboxylic acids is 1. The third-order valence-corrected chi connectivity index (χ3v) is 2.90. The number of hydrogen-bond acceptors (Lipinski definition) is 3. The van der Waals surface area contributed by atoms with Crippen molar-refractivity contribution in [3.8, 4) is 0 Å². The number of unbranched alkanes of at least 4 members (excludes halogenated alkanes) is 1. The van der Waals surface area contributed by atoms with Crippen LogP contribution < -0.4 is 5.32 Å². The molecule has 0 aliphatic rings. The van der Waals surface area contributed by atoms with Gasteiger partial charge in [0.1, 0.15) is 0 Å². The van der Waals surface area contributed by atoms with Crippen LogP contribution in [-0.2, 0) is 4.79 Å². The van der Waals surface area contributed by atoms with E-state index in [0.717, 1.165) is 18.5 Å². The van der Waals surface area contributed by atoms with Crippen molar-refractivity contribution in [1.82, 2.24) is 10.2 Å². The number of aliphatic hydroxyl groups excluding tert-OH is 1. The van der Waals surface area contributed by atoms with Gasteiger partial charge in [0.2, 0.25) is 5.91 Å². The lowest BCUT2D eigenvalue weighted by Gasteiger charge is -2.23. The minimum absolute atomic E-state index is 0.0119. The van der Waals surface area contributed by atoms with E-state index in [1.807, 2.05) is 44.4 Å². The van der Waals surface area contributed by atoms with E-state index < -0.39 is 0 Å². The van der Waals surface area contributed by atoms with Crippen molar-refractivity contribution in [3.63, 3.8) is 0 Å². The number of nitrogens with zero attached hydrogens (tertiary/aromatic N) is 1. The summed E-state index contributed by atoms with van der Waals surface area (Å²) in [7, 11) is 3.99. The van der Waals surface area contributed by atoms with Crippen molar-refractivity contribution in [3.05, 3.63) is 35.9 Å². The van der Waals surface area contributed by atoms with Crippen molar-refractivity contribution in [2.24, 2.45) is 0 Å². The Kier molecular flexibility index (Phi) is 7.15. The first-order valence-electron chi connectivity index (χ1n) is 6.73. The molecule has 0 aliphatic heterocycles. The average molecular weight is 264 g/mol. The van der Waals surface area contributed by atoms with Crippen LogP contribution in [0.4, 0.5) is 0 Å². The topological polar surface area (TPSA) is 52.6 Å². The summed E-state index contributed by atoms with van der Waals surface area (Å²) in [6.07, 6.45) is 1.88. The highest BCUT2D eigenvalue weighted by Gasteiger charge is 2.14. The number of nitrogens with one attached hydrogen (secondary N) is 1. The first-order chi connectivity index (χ1) is 9.13. The maximum Gasteiger partial charge on any atom is 0.220 e. The largest absolute Gasteiger partial charge is 0.396 e. The molecule has 0 heterocycles. The number of amides is 1. The third kappa shape index (κ3) is 6.36. The van der Waals surface area contributed by atoms with E-state index in [0.29, 0.717) is 12.8 Å². The maximum absolute atomic E-state index is 11.9. The Morgan fingerprint density at radius 3 is 2.53 bits per heavy atom. The summed E-state index contributed by atoms with van der Waals surface area (Å²) >= 11 is 0. The first kappa shape index (κ1) is 15.7. The van der Waals surface area contributed by atoms with Crippen molar-refractivity contribution in [2.45, 2.75) is 25.3 Å². The summed E-state index contributed by atoms with van der Waals surface area (Å²) in [4.78, 5) is 13.9. The number of carbonyl (C=O) groups is 1. The van der Waals surface area contributed by atoms with Crippen LogP contribution in [0, 0.1) is 0 Å². The minimum atomic E-state index is 0.0119. The van der Waals surface area contributed by atoms with Crippen LogP contribution in [0.25, 0.3) is 0 Å². The molecule has 1 amide bonds. The summed E-state index contributed by atoms with van der Waals surface area (Å²) in [6.45, 7) is 0.919. The Morgan fingerprint density at radius 1 is 1.26 bits per heavy atom. The van der Waals surface area contributed by atoms with Crippen LogP contribution >= 0.6 is 0 Å². The predicted octanol–water partition coefficient (Wildman–Crippen LogP) is 1.57. The van der Waals surface area contributed by atoms with E-state index in [2.05, 4.69) is 10.2 Å². The summed E-state index contributed by atoms with van der Waals surface area (Å²) < 4.78 is 0. The van der Waals surface area contributed by atoms with Crippen LogP contribution in [-0.4, -0.2) is 43.2 Å². The van der Waals surface area contributed by atoms with Gasteiger partial charge in [-0.3, -0.25) is 4.79 Å². The van der Waals surface area contributed by atoms with Crippen LogP contribution in [0.15, 0.2) is 30.3 Å². The third-order valence-electron chi connectivity index (χ3n) is 2.90. The Bertz CT molecular complexity index is 366. The fourth-order valence-corrected chi connectivity index (χ4v) is 1.95. The standard InChI is InChI=1S/C15H24N2O2/c1-17(2)12-14(13-8-4-3-5-9-13)16-15(19)10-6-7-11-18/h3-5,8-9,14,18H,6-7,10-12H2,1-2H3,(H,16,19). The molecule has 19 heavy (non-hydrogen) atoms. The molecule has 0 saturated heterocycles. The number of benzene rings is 1. The van der Waals surface area contributed by atoms with Gasteiger partial charge >= 0.3 is 0 Å². The molecular weight excluding hydrogens is 240 g/mol. The molecule has 1 rings (SSSR count). The number of likely N-dealkylation sites (N-methyl/N-ethyl adjacent to an activating group) is 1. The van der Waals surface area contributed by atoms with Gasteiger partial charge in [-0.1, -0.05) is 30.3 Å². The second kappa shape index (κ2) is 8.67. The Hall–Kier alpha value is -1.39. The van der Waals surface area contributed by atoms with E-state index >= 15 is 0 Å². The Balaban J connectivity index is 2.57. The summed E-state index contributed by atoms with van der Waals surface area (Å²) in [6, 6.07) is 10.0. The van der Waals surface area contributed by atoms with Gasteiger partial charge < -0.3 is 15.3 Å². The molecule has 1 aromatic rings. The summed E-state index contributed by atoms with van der Waals surface area (Å²) in [5.41, 5.74) is 1.12. The molecule has 4 heteroatoms. The SMILES string of the molecule is CN(C)CC(NC(=O)CCCCO)c1ccccc1. The van der Waals surface area contributed by atoms with Gasteiger partial charge in [0, 0.05) is 19.6 Å². The fourth-order valence-electron chi connectivity index (χ4n) is 1.95. The quantitative estimate of drug-likeness (QED) is 0.701. The second-order valence-corrected chi connectivity index (χ2v) is 4.97. The number of hydrogen-bond donors (Lipinski definition) is 2. The molecule has 1 aromatic carbocycles. The van der Waals surface area contributed by atoms with Crippen LogP contribution in [0.3, 0.4) is 0 Å². The number of aliphatic hydroxyl groups is 1. The molecule has 0 spiro atoms. The highest BCUT2D eigenvalue weighted by Crippen LogP contribution is 2.13. The highest BCUT2D eigenvalue weighted by atomic mass is 16.2. The molecule has 1 unspecified atom stereocenters. The Labute approximate surface area is 115 Å². The normalized spacial score (nSPS) is 12.4. The smallest absolute Gasteiger partial charge is 0.220 e. The van der Waals surface area contributed by atoms with Crippen LogP contribution in [0.2, 0.25) is 0 Å². The summed E-state index contributed by atoms with van der Waals surface area (Å²) in [5, 5.41) is 11.8. The zero-order valence-corrected chi connectivity index (χ0v) is 11.8. The van der Waals surface area contributed by atoms with Gasteiger partial charge in [-0.15, -0.1) is 0 Å². The molecular formula is C15H24N2O2. The zero-order chi connectivity index (χ0) is 14.1. The second-order valence-electron chi connectivity index (χ2n) is 4.97. The molecule has 1 atom stereocenters. The minimum Gasteiger partial charge on any atom is -0.396 e. The van der Waals surface area contributed by atoms with Crippen molar-refractivity contribution >= 4 is 5.91 Å². The van der Waals surface area contributed by atoms with E-state index in [1.54, 1.807) is 0 Å². The van der Waals surface area contributed by atoms with Crippen molar-refractivity contribution < 1.29 is 9.90 Å². The molecule has 0 bridgehead atoms. The maximum atomic E-state index is 11.9. The molecule has 2 N–H and O–H groups in total. The lowest BCUT2D eigenvalue weighted by molar-refractivity contribution is -0.122. The van der Waals surface area contributed by atoms with E-state index in [1.165, 1.54) is 0 Å². The molecule has 0 fully saturated rings. The fraction of sp³-hybridized carbons (Fsp3) is 0.533. The van der Waals surface area contributed by atoms with Gasteiger partial charge in [-0.05, 0) is 32.5 Å². The van der Waals surface area contributed by atoms with E-state index in [4.69, 9.17) is 5.11 Å². The molecule has 0 radical (unpaired) electrons. The van der Waals surface area contributed by atoms with Gasteiger partial charge in [-0.2, -0.15) is 0 Å². The van der Waals surface area contributed by atoms with Gasteiger partial charge in [0.15, 0.2) is 0 Å². The summed E-state index contributed by atoms with van der Waals surface area (Å²) in [5.74, 6) is 0.0455. The highest BCUT2D eigenvalue weighted by molar-refractivity contribution is 5.76. The zero-order valence-electron chi connectivity index (χ0n) is 11.8. The van der Waals surface area contributed by atoms with E-state index in [-0.39, 0.29) is 18.6 Å². The molecule has 0 aliphatic carbocycles. The van der Waals surface area contributed by atoms with Gasteiger partial charge in [0.25, 0.3) is 0 Å². The van der Waals surface area contributed by atoms with Crippen LogP contribution in [0.5, 0.6) is 0 Å². The Morgan fingerprint density at radius 2 is 1.95 bits per heavy atom. The first-order valence-corrected chi connectivity index (χ1v) is 6.73. The monoisotopic (exact) mass is 264 g/mol. The van der Waals surface area contributed by atoms with E-state index in [9.17, 15) is 4.79 Å². The van der Waals surface area contributed by atoms with Crippen LogP contribution in [0.1, 0.15) is 30.9 Å². The number of rotatable bonds is 8. The lowest BCUT2D eigenvalue weighted by atomic mass is 10.1. The molecule has 0 aromatic heterocycles. The lowest BCUT2D eigenvalue weighted by Crippen LogP contribution is -2.35. The molecule has 4 nitrogen and oxygen atoms in total. The average Bonchev–Trinajstić information content (AvgIpc) is 2.39. The van der Waals surface area contributed by atoms with Gasteiger partial charge in [-0.25, -0.2) is 0 Å². The van der Waals surface area contributed by atoms with Crippen molar-refractivity contribution in [1.29, 1.82) is 0 Å². The molecule has 106 valence electrons. The van der Waals surface area contributed by atoms with Crippen molar-refractivity contribution in [2.75, 3.05) is 27.2 Å². The molecule has 0 saturated carbocycles. The van der Waals surface area contributed by atoms with Gasteiger partial charge in [0.05, 0.1) is 6.04 Å². The predicted molar refractivity (Wildman–Crippen MR) is 76.8 cm³/mol.